The van der Waals surface area contributed by atoms with E-state index in [1.807, 2.05) is 25.1 Å². The van der Waals surface area contributed by atoms with Crippen LogP contribution in [0.25, 0.3) is 22.3 Å². The quantitative estimate of drug-likeness (QED) is 0.0988. The normalized spacial score (nSPS) is 11.4. The van der Waals surface area contributed by atoms with Gasteiger partial charge >= 0.3 is 0 Å². The van der Waals surface area contributed by atoms with Gasteiger partial charge in [0.25, 0.3) is 11.2 Å². The standard InChI is InChI=1S/C33H29ClN4O5/c1-20(2)27-17-28(21(3)14-31(27)42-4)32-36-29-11-6-5-10-26(29)33(39)37(32)35-18-23-16-24(34)12-13-30(23)43-19-22-8-7-9-25(15-22)38(40)41/h5-18,20H,19H2,1-4H3. The lowest BCUT2D eigenvalue weighted by molar-refractivity contribution is -0.384. The van der Waals surface area contributed by atoms with Crippen LogP contribution in [0, 0.1) is 17.0 Å². The highest BCUT2D eigenvalue weighted by atomic mass is 35.5. The number of aromatic nitrogens is 2. The molecule has 5 aromatic rings. The van der Waals surface area contributed by atoms with Crippen LogP contribution in [0.1, 0.15) is 42.0 Å². The lowest BCUT2D eigenvalue weighted by atomic mass is 9.96. The van der Waals surface area contributed by atoms with E-state index in [9.17, 15) is 14.9 Å². The Bertz CT molecular complexity index is 1930. The van der Waals surface area contributed by atoms with Gasteiger partial charge in [-0.15, -0.1) is 0 Å². The van der Waals surface area contributed by atoms with Crippen molar-refractivity contribution in [2.45, 2.75) is 33.3 Å². The van der Waals surface area contributed by atoms with E-state index in [1.165, 1.54) is 23.0 Å². The smallest absolute Gasteiger partial charge is 0.282 e. The molecule has 0 unspecified atom stereocenters. The lowest BCUT2D eigenvalue weighted by Crippen LogP contribution is -2.21. The zero-order chi connectivity index (χ0) is 30.7. The second-order valence-corrected chi connectivity index (χ2v) is 10.7. The SMILES string of the molecule is COc1cc(C)c(-c2nc3ccccc3c(=O)n2N=Cc2cc(Cl)ccc2OCc2cccc([N+](=O)[O-])c2)cc1C(C)C. The van der Waals surface area contributed by atoms with E-state index in [-0.39, 0.29) is 23.8 Å². The molecule has 0 spiro atoms. The van der Waals surface area contributed by atoms with Crippen molar-refractivity contribution >= 4 is 34.4 Å². The van der Waals surface area contributed by atoms with E-state index < -0.39 is 4.92 Å². The van der Waals surface area contributed by atoms with E-state index in [4.69, 9.17) is 26.1 Å². The Morgan fingerprint density at radius 1 is 1.05 bits per heavy atom. The lowest BCUT2D eigenvalue weighted by Gasteiger charge is -2.17. The van der Waals surface area contributed by atoms with Crippen molar-refractivity contribution in [2.75, 3.05) is 7.11 Å². The number of ether oxygens (including phenoxy) is 2. The summed E-state index contributed by atoms with van der Waals surface area (Å²) in [5, 5.41) is 16.7. The van der Waals surface area contributed by atoms with Crippen LogP contribution in [0.15, 0.2) is 88.8 Å². The summed E-state index contributed by atoms with van der Waals surface area (Å²) < 4.78 is 12.9. The first-order valence-corrected chi connectivity index (χ1v) is 13.9. The summed E-state index contributed by atoms with van der Waals surface area (Å²) in [6.45, 7) is 6.17. The van der Waals surface area contributed by atoms with Crippen molar-refractivity contribution in [3.8, 4) is 22.9 Å². The van der Waals surface area contributed by atoms with Gasteiger partial charge in [0.2, 0.25) is 0 Å². The molecule has 1 aromatic heterocycles. The third kappa shape index (κ3) is 6.27. The first kappa shape index (κ1) is 29.5. The Balaban J connectivity index is 1.61. The number of halogens is 1. The Hall–Kier alpha value is -5.02. The highest BCUT2D eigenvalue weighted by Crippen LogP contribution is 2.34. The summed E-state index contributed by atoms with van der Waals surface area (Å²) >= 11 is 6.32. The molecule has 0 radical (unpaired) electrons. The summed E-state index contributed by atoms with van der Waals surface area (Å²) in [5.41, 5.74) is 3.93. The number of nitro benzene ring substituents is 1. The van der Waals surface area contributed by atoms with E-state index >= 15 is 0 Å². The van der Waals surface area contributed by atoms with Crippen molar-refractivity contribution in [2.24, 2.45) is 5.10 Å². The number of hydrogen-bond donors (Lipinski definition) is 0. The zero-order valence-corrected chi connectivity index (χ0v) is 24.8. The molecule has 0 aliphatic carbocycles. The van der Waals surface area contributed by atoms with Crippen LogP contribution in [0.3, 0.4) is 0 Å². The van der Waals surface area contributed by atoms with Crippen molar-refractivity contribution in [3.63, 3.8) is 0 Å². The number of hydrogen-bond acceptors (Lipinski definition) is 7. The first-order valence-electron chi connectivity index (χ1n) is 13.6. The fourth-order valence-electron chi connectivity index (χ4n) is 4.76. The second-order valence-electron chi connectivity index (χ2n) is 10.3. The van der Waals surface area contributed by atoms with Crippen LogP contribution >= 0.6 is 11.6 Å². The third-order valence-electron chi connectivity index (χ3n) is 6.99. The maximum atomic E-state index is 13.8. The molecule has 4 aromatic carbocycles. The van der Waals surface area contributed by atoms with Gasteiger partial charge in [-0.2, -0.15) is 9.78 Å². The number of non-ortho nitro benzene ring substituents is 1. The predicted molar refractivity (Wildman–Crippen MR) is 169 cm³/mol. The average Bonchev–Trinajstić information content (AvgIpc) is 3.00. The van der Waals surface area contributed by atoms with Gasteiger partial charge in [-0.05, 0) is 72.0 Å². The van der Waals surface area contributed by atoms with Gasteiger partial charge in [0.05, 0.1) is 29.2 Å². The van der Waals surface area contributed by atoms with Crippen molar-refractivity contribution in [1.29, 1.82) is 0 Å². The Morgan fingerprint density at radius 2 is 1.84 bits per heavy atom. The van der Waals surface area contributed by atoms with Crippen molar-refractivity contribution in [1.82, 2.24) is 9.66 Å². The molecule has 1 heterocycles. The monoisotopic (exact) mass is 596 g/mol. The molecule has 0 aliphatic heterocycles. The molecule has 43 heavy (non-hydrogen) atoms. The minimum Gasteiger partial charge on any atom is -0.496 e. The average molecular weight is 597 g/mol. The summed E-state index contributed by atoms with van der Waals surface area (Å²) in [7, 11) is 1.64. The number of benzene rings is 4. The maximum Gasteiger partial charge on any atom is 0.282 e. The Kier molecular flexibility index (Phi) is 8.54. The number of nitro groups is 1. The molecule has 0 amide bonds. The van der Waals surface area contributed by atoms with Crippen LogP contribution in [-0.2, 0) is 6.61 Å². The summed E-state index contributed by atoms with van der Waals surface area (Å²) in [5.74, 6) is 1.74. The number of aryl methyl sites for hydroxylation is 1. The Morgan fingerprint density at radius 3 is 2.58 bits per heavy atom. The molecule has 10 heteroatoms. The van der Waals surface area contributed by atoms with Gasteiger partial charge in [-0.3, -0.25) is 14.9 Å². The van der Waals surface area contributed by atoms with Crippen LogP contribution < -0.4 is 15.0 Å². The fraction of sp³-hybridized carbons (Fsp3) is 0.182. The fourth-order valence-corrected chi connectivity index (χ4v) is 4.95. The zero-order valence-electron chi connectivity index (χ0n) is 24.1. The highest BCUT2D eigenvalue weighted by molar-refractivity contribution is 6.30. The summed E-state index contributed by atoms with van der Waals surface area (Å²) in [4.78, 5) is 29.4. The molecule has 218 valence electrons. The molecular formula is C33H29ClN4O5. The molecular weight excluding hydrogens is 568 g/mol. The number of nitrogens with zero attached hydrogens (tertiary/aromatic N) is 4. The molecule has 0 bridgehead atoms. The van der Waals surface area contributed by atoms with Gasteiger partial charge in [0, 0.05) is 28.3 Å². The van der Waals surface area contributed by atoms with Crippen molar-refractivity contribution < 1.29 is 14.4 Å². The number of rotatable bonds is 9. The Labute approximate surface area is 253 Å². The van der Waals surface area contributed by atoms with E-state index in [0.717, 1.165) is 22.4 Å². The molecule has 0 aliphatic rings. The van der Waals surface area contributed by atoms with Gasteiger partial charge in [0.1, 0.15) is 18.1 Å². The van der Waals surface area contributed by atoms with Crippen molar-refractivity contribution in [3.05, 3.63) is 127 Å². The molecule has 0 saturated carbocycles. The predicted octanol–water partition coefficient (Wildman–Crippen LogP) is 7.53. The molecule has 0 fully saturated rings. The second kappa shape index (κ2) is 12.5. The first-order chi connectivity index (χ1) is 20.7. The largest absolute Gasteiger partial charge is 0.496 e. The number of para-hydroxylation sites is 1. The number of fused-ring (bicyclic) bond motifs is 1. The minimum absolute atomic E-state index is 0.0239. The van der Waals surface area contributed by atoms with Crippen LogP contribution in [0.5, 0.6) is 11.5 Å². The molecule has 9 nitrogen and oxygen atoms in total. The third-order valence-corrected chi connectivity index (χ3v) is 7.23. The van der Waals surface area contributed by atoms with Crippen LogP contribution in [-0.4, -0.2) is 27.9 Å². The molecule has 0 N–H and O–H groups in total. The minimum atomic E-state index is -0.453. The molecule has 5 rings (SSSR count). The van der Waals surface area contributed by atoms with Gasteiger partial charge in [-0.1, -0.05) is 49.7 Å². The van der Waals surface area contributed by atoms with Gasteiger partial charge in [0.15, 0.2) is 5.82 Å². The van der Waals surface area contributed by atoms with E-state index in [1.54, 1.807) is 55.6 Å². The van der Waals surface area contributed by atoms with Crippen LogP contribution in [0.4, 0.5) is 5.69 Å². The molecule has 0 saturated heterocycles. The van der Waals surface area contributed by atoms with Gasteiger partial charge < -0.3 is 9.47 Å². The topological polar surface area (TPSA) is 109 Å². The highest BCUT2D eigenvalue weighted by Gasteiger charge is 2.18. The summed E-state index contributed by atoms with van der Waals surface area (Å²) in [6, 6.07) is 22.3. The van der Waals surface area contributed by atoms with E-state index in [0.29, 0.717) is 38.6 Å². The number of methoxy groups -OCH3 is 1. The van der Waals surface area contributed by atoms with Gasteiger partial charge in [-0.25, -0.2) is 4.98 Å². The van der Waals surface area contributed by atoms with E-state index in [2.05, 4.69) is 18.9 Å². The van der Waals surface area contributed by atoms with Crippen LogP contribution in [0.2, 0.25) is 5.02 Å². The maximum absolute atomic E-state index is 13.8. The summed E-state index contributed by atoms with van der Waals surface area (Å²) in [6.07, 6.45) is 1.50. The molecule has 0 atom stereocenters.